The third kappa shape index (κ3) is 4.22. The van der Waals surface area contributed by atoms with Gasteiger partial charge in [-0.05, 0) is 44.2 Å². The van der Waals surface area contributed by atoms with Gasteiger partial charge >= 0.3 is 0 Å². The van der Waals surface area contributed by atoms with Crippen LogP contribution < -0.4 is 20.9 Å². The third-order valence-corrected chi connectivity index (χ3v) is 6.00. The summed E-state index contributed by atoms with van der Waals surface area (Å²) in [5.41, 5.74) is 3.07. The molecule has 0 unspecified atom stereocenters. The first kappa shape index (κ1) is 20.6. The van der Waals surface area contributed by atoms with Crippen molar-refractivity contribution in [1.29, 1.82) is 0 Å². The van der Waals surface area contributed by atoms with Crippen LogP contribution in [0, 0.1) is 19.7 Å². The minimum absolute atomic E-state index is 0.207. The van der Waals surface area contributed by atoms with E-state index in [-0.39, 0.29) is 11.7 Å². The summed E-state index contributed by atoms with van der Waals surface area (Å²) in [6, 6.07) is 3.76. The smallest absolute Gasteiger partial charge is 0.230 e. The van der Waals surface area contributed by atoms with Crippen LogP contribution in [0.5, 0.6) is 0 Å². The molecule has 1 aliphatic heterocycles. The predicted molar refractivity (Wildman–Crippen MR) is 123 cm³/mol. The molecule has 0 spiro atoms. The summed E-state index contributed by atoms with van der Waals surface area (Å²) in [5.74, 6) is 2.43. The van der Waals surface area contributed by atoms with Crippen LogP contribution in [0.15, 0.2) is 18.3 Å². The fourth-order valence-corrected chi connectivity index (χ4v) is 3.96. The highest BCUT2D eigenvalue weighted by molar-refractivity contribution is 5.72. The second-order valence-corrected chi connectivity index (χ2v) is 8.48. The number of pyridine rings is 1. The lowest BCUT2D eigenvalue weighted by molar-refractivity contribution is 0.588. The number of hydrogen-bond acceptors (Lipinski definition) is 8. The van der Waals surface area contributed by atoms with Crippen molar-refractivity contribution in [2.45, 2.75) is 32.6 Å². The maximum atomic E-state index is 14.5. The van der Waals surface area contributed by atoms with Gasteiger partial charge in [0.15, 0.2) is 11.6 Å². The first-order chi connectivity index (χ1) is 15.5. The number of aromatic nitrogens is 5. The number of nitrogens with zero attached hydrogens (tertiary/aromatic N) is 6. The molecular formula is C22H28FN9. The van der Waals surface area contributed by atoms with Crippen LogP contribution in [-0.2, 0) is 7.05 Å². The molecule has 168 valence electrons. The maximum Gasteiger partial charge on any atom is 0.230 e. The molecule has 1 aliphatic carbocycles. The van der Waals surface area contributed by atoms with E-state index in [1.807, 2.05) is 30.9 Å². The summed E-state index contributed by atoms with van der Waals surface area (Å²) in [4.78, 5) is 15.9. The van der Waals surface area contributed by atoms with Crippen LogP contribution in [0.4, 0.5) is 33.5 Å². The molecule has 3 N–H and O–H groups in total. The molecule has 0 aromatic carbocycles. The maximum absolute atomic E-state index is 14.5. The lowest BCUT2D eigenvalue weighted by atomic mass is 10.1. The van der Waals surface area contributed by atoms with Gasteiger partial charge in [-0.25, -0.2) is 14.4 Å². The molecule has 0 atom stereocenters. The Bertz CT molecular complexity index is 1110. The van der Waals surface area contributed by atoms with E-state index in [1.54, 1.807) is 13.0 Å². The number of piperazine rings is 1. The molecule has 9 nitrogen and oxygen atoms in total. The molecule has 1 saturated heterocycles. The van der Waals surface area contributed by atoms with E-state index in [0.29, 0.717) is 23.3 Å². The van der Waals surface area contributed by atoms with Crippen molar-refractivity contribution >= 4 is 29.1 Å². The van der Waals surface area contributed by atoms with Crippen molar-refractivity contribution in [3.8, 4) is 0 Å². The third-order valence-electron chi connectivity index (χ3n) is 6.00. The van der Waals surface area contributed by atoms with Crippen LogP contribution >= 0.6 is 0 Å². The van der Waals surface area contributed by atoms with Gasteiger partial charge < -0.3 is 20.9 Å². The topological polar surface area (TPSA) is 95.8 Å². The van der Waals surface area contributed by atoms with Crippen molar-refractivity contribution < 1.29 is 4.39 Å². The Morgan fingerprint density at radius 1 is 1.06 bits per heavy atom. The van der Waals surface area contributed by atoms with E-state index < -0.39 is 0 Å². The summed E-state index contributed by atoms with van der Waals surface area (Å²) >= 11 is 0. The molecule has 0 radical (unpaired) electrons. The molecule has 2 aliphatic rings. The Kier molecular flexibility index (Phi) is 5.38. The summed E-state index contributed by atoms with van der Waals surface area (Å²) in [5, 5.41) is 14.4. The summed E-state index contributed by atoms with van der Waals surface area (Å²) < 4.78 is 16.3. The predicted octanol–water partition coefficient (Wildman–Crippen LogP) is 3.14. The van der Waals surface area contributed by atoms with E-state index in [1.165, 1.54) is 0 Å². The lowest BCUT2D eigenvalue weighted by Gasteiger charge is -2.30. The first-order valence-electron chi connectivity index (χ1n) is 11.0. The van der Waals surface area contributed by atoms with E-state index in [4.69, 9.17) is 4.98 Å². The standard InChI is InChI=1S/C22H28FN9/c1-13-10-19(30-31(13)3)27-21-17(32-8-6-24-7-9-32)12-25-22(29-21)28-18-11-16(15-4-5-15)20(23)14(2)26-18/h10-12,15,24H,4-9H2,1-3H3,(H2,25,26,27,28,29,30). The zero-order valence-corrected chi connectivity index (χ0v) is 18.6. The average molecular weight is 438 g/mol. The summed E-state index contributed by atoms with van der Waals surface area (Å²) in [6.45, 7) is 7.25. The van der Waals surface area contributed by atoms with Crippen LogP contribution in [0.3, 0.4) is 0 Å². The molecule has 3 aromatic heterocycles. The van der Waals surface area contributed by atoms with Crippen LogP contribution in [0.2, 0.25) is 0 Å². The van der Waals surface area contributed by atoms with E-state index in [9.17, 15) is 4.39 Å². The number of halogens is 1. The fraction of sp³-hybridized carbons (Fsp3) is 0.455. The molecule has 0 bridgehead atoms. The lowest BCUT2D eigenvalue weighted by Crippen LogP contribution is -2.43. The number of hydrogen-bond donors (Lipinski definition) is 3. The van der Waals surface area contributed by atoms with Crippen molar-refractivity contribution in [2.75, 3.05) is 41.7 Å². The van der Waals surface area contributed by atoms with Gasteiger partial charge in [-0.3, -0.25) is 4.68 Å². The second-order valence-electron chi connectivity index (χ2n) is 8.48. The molecule has 0 amide bonds. The Hall–Kier alpha value is -3.27. The van der Waals surface area contributed by atoms with E-state index >= 15 is 0 Å². The number of nitrogens with one attached hydrogen (secondary N) is 3. The molecule has 10 heteroatoms. The Morgan fingerprint density at radius 3 is 2.53 bits per heavy atom. The van der Waals surface area contributed by atoms with Crippen LogP contribution in [0.25, 0.3) is 0 Å². The van der Waals surface area contributed by atoms with Crippen molar-refractivity contribution in [1.82, 2.24) is 30.0 Å². The van der Waals surface area contributed by atoms with E-state index in [0.717, 1.165) is 61.8 Å². The SMILES string of the molecule is Cc1nc(Nc2ncc(N3CCNCC3)c(Nc3cc(C)n(C)n3)n2)cc(C2CC2)c1F. The van der Waals surface area contributed by atoms with Crippen molar-refractivity contribution in [3.05, 3.63) is 41.1 Å². The fourth-order valence-electron chi connectivity index (χ4n) is 3.96. The van der Waals surface area contributed by atoms with Gasteiger partial charge in [0.05, 0.1) is 17.6 Å². The molecular weight excluding hydrogens is 409 g/mol. The molecule has 2 fully saturated rings. The largest absolute Gasteiger partial charge is 0.365 e. The molecule has 32 heavy (non-hydrogen) atoms. The Labute approximate surface area is 186 Å². The van der Waals surface area contributed by atoms with Gasteiger partial charge in [0.25, 0.3) is 0 Å². The van der Waals surface area contributed by atoms with Gasteiger partial charge in [-0.1, -0.05) is 0 Å². The monoisotopic (exact) mass is 437 g/mol. The first-order valence-corrected chi connectivity index (χ1v) is 11.0. The highest BCUT2D eigenvalue weighted by Gasteiger charge is 2.28. The quantitative estimate of drug-likeness (QED) is 0.541. The summed E-state index contributed by atoms with van der Waals surface area (Å²) in [6.07, 6.45) is 3.86. The summed E-state index contributed by atoms with van der Waals surface area (Å²) in [7, 11) is 1.91. The normalized spacial score (nSPS) is 16.3. The molecule has 4 heterocycles. The van der Waals surface area contributed by atoms with Crippen molar-refractivity contribution in [3.63, 3.8) is 0 Å². The van der Waals surface area contributed by atoms with Crippen LogP contribution in [-0.4, -0.2) is 50.9 Å². The zero-order valence-electron chi connectivity index (χ0n) is 18.6. The Balaban J connectivity index is 1.46. The highest BCUT2D eigenvalue weighted by atomic mass is 19.1. The highest BCUT2D eigenvalue weighted by Crippen LogP contribution is 2.42. The number of anilines is 5. The number of aryl methyl sites for hydroxylation is 3. The van der Waals surface area contributed by atoms with Gasteiger partial charge in [-0.15, -0.1) is 0 Å². The van der Waals surface area contributed by atoms with Gasteiger partial charge in [0.2, 0.25) is 5.95 Å². The minimum atomic E-state index is -0.207. The van der Waals surface area contributed by atoms with Crippen molar-refractivity contribution in [2.24, 2.45) is 7.05 Å². The molecule has 1 saturated carbocycles. The number of rotatable bonds is 6. The van der Waals surface area contributed by atoms with Gasteiger partial charge in [0.1, 0.15) is 11.6 Å². The second kappa shape index (κ2) is 8.34. The minimum Gasteiger partial charge on any atom is -0.365 e. The Morgan fingerprint density at radius 2 is 1.84 bits per heavy atom. The molecule has 5 rings (SSSR count). The van der Waals surface area contributed by atoms with Gasteiger partial charge in [0, 0.05) is 45.0 Å². The van der Waals surface area contributed by atoms with Gasteiger partial charge in [-0.2, -0.15) is 10.1 Å². The van der Waals surface area contributed by atoms with Crippen LogP contribution in [0.1, 0.15) is 35.7 Å². The zero-order chi connectivity index (χ0) is 22.2. The molecule has 3 aromatic rings. The average Bonchev–Trinajstić information content (AvgIpc) is 3.57. The van der Waals surface area contributed by atoms with E-state index in [2.05, 4.69) is 35.9 Å².